The van der Waals surface area contributed by atoms with E-state index < -0.39 is 0 Å². The summed E-state index contributed by atoms with van der Waals surface area (Å²) < 4.78 is 0. The van der Waals surface area contributed by atoms with Gasteiger partial charge in [-0.2, -0.15) is 0 Å². The van der Waals surface area contributed by atoms with Crippen molar-refractivity contribution in [3.63, 3.8) is 0 Å². The van der Waals surface area contributed by atoms with Gasteiger partial charge in [0.05, 0.1) is 6.04 Å². The number of nitrogens with one attached hydrogen (secondary N) is 2. The minimum atomic E-state index is -0.320. The smallest absolute Gasteiger partial charge is 0.255 e. The molecule has 4 aromatic rings. The number of aromatic amines is 1. The highest BCUT2D eigenvalue weighted by Crippen LogP contribution is 2.42. The monoisotopic (exact) mass is 437 g/mol. The van der Waals surface area contributed by atoms with E-state index in [2.05, 4.69) is 30.2 Å². The maximum atomic E-state index is 13.4. The summed E-state index contributed by atoms with van der Waals surface area (Å²) in [6.45, 7) is 6.27. The second-order valence-corrected chi connectivity index (χ2v) is 8.96. The molecule has 0 bridgehead atoms. The summed E-state index contributed by atoms with van der Waals surface area (Å²) in [6.07, 6.45) is 0. The van der Waals surface area contributed by atoms with E-state index in [0.29, 0.717) is 11.5 Å². The lowest BCUT2D eigenvalue weighted by molar-refractivity contribution is -0.117. The summed E-state index contributed by atoms with van der Waals surface area (Å²) in [7, 11) is 0. The predicted octanol–water partition coefficient (Wildman–Crippen LogP) is 5.78. The molecule has 0 unspecified atom stereocenters. The van der Waals surface area contributed by atoms with Crippen molar-refractivity contribution < 1.29 is 9.59 Å². The number of aromatic nitrogens is 1. The summed E-state index contributed by atoms with van der Waals surface area (Å²) in [5, 5.41) is 4.03. The van der Waals surface area contributed by atoms with Crippen molar-refractivity contribution in [1.82, 2.24) is 9.88 Å². The Bertz CT molecular complexity index is 1350. The lowest BCUT2D eigenvalue weighted by Crippen LogP contribution is -2.36. The first-order valence-electron chi connectivity index (χ1n) is 11.3. The van der Waals surface area contributed by atoms with Crippen molar-refractivity contribution in [3.05, 3.63) is 101 Å². The number of nitrogens with zero attached hydrogens (tertiary/aromatic N) is 1. The molecular weight excluding hydrogens is 410 g/mol. The summed E-state index contributed by atoms with van der Waals surface area (Å²) in [5.41, 5.74) is 6.60. The van der Waals surface area contributed by atoms with Gasteiger partial charge >= 0.3 is 0 Å². The Balaban J connectivity index is 1.48. The van der Waals surface area contributed by atoms with Gasteiger partial charge in [0.25, 0.3) is 5.91 Å². The third-order valence-corrected chi connectivity index (χ3v) is 6.45. The van der Waals surface area contributed by atoms with Crippen LogP contribution in [0.2, 0.25) is 0 Å². The molecule has 1 atom stereocenters. The van der Waals surface area contributed by atoms with Crippen molar-refractivity contribution in [2.45, 2.75) is 32.7 Å². The van der Waals surface area contributed by atoms with Gasteiger partial charge in [0.2, 0.25) is 5.91 Å². The number of carbonyl (C=O) groups is 2. The van der Waals surface area contributed by atoms with Gasteiger partial charge in [0, 0.05) is 33.4 Å². The van der Waals surface area contributed by atoms with E-state index in [4.69, 9.17) is 0 Å². The Labute approximate surface area is 193 Å². The van der Waals surface area contributed by atoms with Crippen LogP contribution in [0.5, 0.6) is 0 Å². The van der Waals surface area contributed by atoms with Gasteiger partial charge in [-0.25, -0.2) is 0 Å². The number of H-pyrrole nitrogens is 1. The molecule has 5 heteroatoms. The van der Waals surface area contributed by atoms with Crippen LogP contribution in [0.3, 0.4) is 0 Å². The van der Waals surface area contributed by atoms with Crippen LogP contribution in [0.4, 0.5) is 5.69 Å². The first-order chi connectivity index (χ1) is 15.9. The van der Waals surface area contributed by atoms with E-state index >= 15 is 0 Å². The maximum absolute atomic E-state index is 13.4. The molecule has 1 aliphatic rings. The Morgan fingerprint density at radius 3 is 2.45 bits per heavy atom. The number of rotatable bonds is 5. The van der Waals surface area contributed by atoms with Crippen LogP contribution in [0.1, 0.15) is 58.5 Å². The van der Waals surface area contributed by atoms with Crippen LogP contribution in [-0.2, 0) is 4.79 Å². The highest BCUT2D eigenvalue weighted by atomic mass is 16.2. The van der Waals surface area contributed by atoms with Crippen LogP contribution in [0.15, 0.2) is 72.8 Å². The third kappa shape index (κ3) is 3.69. The van der Waals surface area contributed by atoms with E-state index in [1.807, 2.05) is 73.7 Å². The van der Waals surface area contributed by atoms with Gasteiger partial charge in [0.15, 0.2) is 0 Å². The van der Waals surface area contributed by atoms with Crippen LogP contribution in [0, 0.1) is 6.92 Å². The van der Waals surface area contributed by atoms with Crippen LogP contribution >= 0.6 is 0 Å². The molecule has 1 aromatic heterocycles. The van der Waals surface area contributed by atoms with Gasteiger partial charge in [-0.05, 0) is 48.2 Å². The number of aryl methyl sites for hydroxylation is 1. The molecule has 2 heterocycles. The van der Waals surface area contributed by atoms with E-state index in [1.54, 1.807) is 4.90 Å². The van der Waals surface area contributed by atoms with Gasteiger partial charge in [-0.3, -0.25) is 9.59 Å². The normalized spacial score (nSPS) is 15.3. The number of benzene rings is 3. The molecule has 166 valence electrons. The van der Waals surface area contributed by atoms with Crippen molar-refractivity contribution in [1.29, 1.82) is 0 Å². The highest BCUT2D eigenvalue weighted by Gasteiger charge is 2.40. The first-order valence-corrected chi connectivity index (χ1v) is 11.3. The Morgan fingerprint density at radius 2 is 1.70 bits per heavy atom. The molecular formula is C28H27N3O2. The summed E-state index contributed by atoms with van der Waals surface area (Å²) in [4.78, 5) is 31.6. The topological polar surface area (TPSA) is 65.2 Å². The number of anilines is 1. The average Bonchev–Trinajstić information content (AvgIpc) is 3.27. The quantitative estimate of drug-likeness (QED) is 0.415. The summed E-state index contributed by atoms with van der Waals surface area (Å²) >= 11 is 0. The zero-order valence-corrected chi connectivity index (χ0v) is 19.1. The number of hydrogen-bond donors (Lipinski definition) is 2. The third-order valence-electron chi connectivity index (χ3n) is 6.45. The second kappa shape index (κ2) is 8.24. The maximum Gasteiger partial charge on any atom is 0.255 e. The van der Waals surface area contributed by atoms with E-state index in [9.17, 15) is 9.59 Å². The Hall–Kier alpha value is -3.86. The summed E-state index contributed by atoms with van der Waals surface area (Å²) in [6, 6.07) is 23.3. The fourth-order valence-electron chi connectivity index (χ4n) is 4.80. The number of amides is 2. The van der Waals surface area contributed by atoms with E-state index in [1.165, 1.54) is 5.56 Å². The van der Waals surface area contributed by atoms with Crippen LogP contribution in [0.25, 0.3) is 10.9 Å². The first kappa shape index (κ1) is 21.0. The molecule has 0 fully saturated rings. The lowest BCUT2D eigenvalue weighted by Gasteiger charge is -2.26. The number of carbonyl (C=O) groups excluding carboxylic acids is 2. The molecule has 2 amide bonds. The number of hydrogen-bond acceptors (Lipinski definition) is 2. The minimum Gasteiger partial charge on any atom is -0.358 e. The van der Waals surface area contributed by atoms with E-state index in [0.717, 1.165) is 33.4 Å². The molecule has 0 saturated carbocycles. The molecule has 3 aromatic carbocycles. The Morgan fingerprint density at radius 1 is 1.00 bits per heavy atom. The predicted molar refractivity (Wildman–Crippen MR) is 132 cm³/mol. The van der Waals surface area contributed by atoms with E-state index in [-0.39, 0.29) is 24.4 Å². The molecule has 0 spiro atoms. The standard InChI is InChI=1S/C28H27N3O2/c1-17(2)19-12-14-20(15-13-19)30-25(32)16-31-27(21-8-4-5-9-22(21)28(31)33)26-18(3)29-24-11-7-6-10-23(24)26/h4-15,17,27,29H,16H2,1-3H3,(H,30,32)/t27-/m1/s1. The zero-order chi connectivity index (χ0) is 23.1. The number of fused-ring (bicyclic) bond motifs is 2. The number of para-hydroxylation sites is 1. The fourth-order valence-corrected chi connectivity index (χ4v) is 4.80. The van der Waals surface area contributed by atoms with Crippen molar-refractivity contribution in [2.24, 2.45) is 0 Å². The highest BCUT2D eigenvalue weighted by molar-refractivity contribution is 6.04. The Kier molecular flexibility index (Phi) is 5.25. The molecule has 0 radical (unpaired) electrons. The molecule has 2 N–H and O–H groups in total. The van der Waals surface area contributed by atoms with Crippen molar-refractivity contribution in [3.8, 4) is 0 Å². The molecule has 33 heavy (non-hydrogen) atoms. The lowest BCUT2D eigenvalue weighted by atomic mass is 9.95. The van der Waals surface area contributed by atoms with Crippen molar-refractivity contribution in [2.75, 3.05) is 11.9 Å². The molecule has 5 nitrogen and oxygen atoms in total. The van der Waals surface area contributed by atoms with Gasteiger partial charge in [0.1, 0.15) is 6.54 Å². The van der Waals surface area contributed by atoms with Crippen LogP contribution in [-0.4, -0.2) is 28.2 Å². The van der Waals surface area contributed by atoms with Gasteiger partial charge in [-0.15, -0.1) is 0 Å². The zero-order valence-electron chi connectivity index (χ0n) is 19.1. The molecule has 5 rings (SSSR count). The SMILES string of the molecule is Cc1[nH]c2ccccc2c1[C@H]1c2ccccc2C(=O)N1CC(=O)Nc1ccc(C(C)C)cc1. The van der Waals surface area contributed by atoms with Gasteiger partial charge < -0.3 is 15.2 Å². The molecule has 1 aliphatic heterocycles. The molecule has 0 aliphatic carbocycles. The fraction of sp³-hybridized carbons (Fsp3) is 0.214. The largest absolute Gasteiger partial charge is 0.358 e. The molecule has 0 saturated heterocycles. The summed E-state index contributed by atoms with van der Waals surface area (Å²) in [5.74, 6) is 0.0946. The second-order valence-electron chi connectivity index (χ2n) is 8.96. The van der Waals surface area contributed by atoms with Gasteiger partial charge in [-0.1, -0.05) is 62.4 Å². The minimum absolute atomic E-state index is 0.0247. The average molecular weight is 438 g/mol. The van der Waals surface area contributed by atoms with Crippen LogP contribution < -0.4 is 5.32 Å². The van der Waals surface area contributed by atoms with Crippen molar-refractivity contribution >= 4 is 28.4 Å².